The first-order valence-electron chi connectivity index (χ1n) is 9.45. The molecule has 1 saturated heterocycles. The van der Waals surface area contributed by atoms with Crippen molar-refractivity contribution in [3.05, 3.63) is 28.8 Å². The van der Waals surface area contributed by atoms with E-state index in [4.69, 9.17) is 25.8 Å². The molecule has 1 amide bonds. The number of ether oxygens (including phenoxy) is 3. The predicted molar refractivity (Wildman–Crippen MR) is 110 cm³/mol. The summed E-state index contributed by atoms with van der Waals surface area (Å²) in [5.41, 5.74) is -0.0231. The highest BCUT2D eigenvalue weighted by molar-refractivity contribution is 7.89. The fourth-order valence-electron chi connectivity index (χ4n) is 3.12. The highest BCUT2D eigenvalue weighted by Crippen LogP contribution is 2.28. The molecule has 1 aliphatic rings. The molecule has 1 fully saturated rings. The van der Waals surface area contributed by atoms with Gasteiger partial charge in [-0.05, 0) is 39.0 Å². The number of hydrogen-bond acceptors (Lipinski definition) is 7. The van der Waals surface area contributed by atoms with E-state index in [1.807, 2.05) is 0 Å². The van der Waals surface area contributed by atoms with Gasteiger partial charge >= 0.3 is 5.97 Å². The Morgan fingerprint density at radius 1 is 1.30 bits per heavy atom. The van der Waals surface area contributed by atoms with Gasteiger partial charge in [0.25, 0.3) is 5.91 Å². The fraction of sp³-hybridized carbons (Fsp3) is 0.579. The van der Waals surface area contributed by atoms with Crippen LogP contribution in [0.25, 0.3) is 0 Å². The van der Waals surface area contributed by atoms with Gasteiger partial charge in [-0.3, -0.25) is 4.79 Å². The summed E-state index contributed by atoms with van der Waals surface area (Å²) < 4.78 is 42.9. The maximum Gasteiger partial charge on any atom is 0.338 e. The second-order valence-corrected chi connectivity index (χ2v) is 9.54. The van der Waals surface area contributed by atoms with Crippen LogP contribution < -0.4 is 5.32 Å². The Morgan fingerprint density at radius 3 is 2.53 bits per heavy atom. The zero-order chi connectivity index (χ0) is 22.5. The van der Waals surface area contributed by atoms with Gasteiger partial charge in [-0.15, -0.1) is 0 Å². The Labute approximate surface area is 181 Å². The number of sulfonamides is 1. The van der Waals surface area contributed by atoms with E-state index >= 15 is 0 Å². The summed E-state index contributed by atoms with van der Waals surface area (Å²) >= 11 is 6.13. The number of rotatable bonds is 8. The quantitative estimate of drug-likeness (QED) is 0.582. The number of nitrogens with one attached hydrogen (secondary N) is 1. The first kappa shape index (κ1) is 24.5. The van der Waals surface area contributed by atoms with E-state index < -0.39 is 28.5 Å². The number of halogens is 1. The first-order chi connectivity index (χ1) is 14.0. The summed E-state index contributed by atoms with van der Waals surface area (Å²) in [6, 6.07) is 3.58. The number of nitrogens with zero attached hydrogens (tertiary/aromatic N) is 1. The largest absolute Gasteiger partial charge is 0.452 e. The van der Waals surface area contributed by atoms with Gasteiger partial charge in [0.1, 0.15) is 4.90 Å². The van der Waals surface area contributed by atoms with E-state index in [-0.39, 0.29) is 46.8 Å². The molecule has 1 aromatic rings. The van der Waals surface area contributed by atoms with E-state index in [9.17, 15) is 18.0 Å². The number of carbonyl (C=O) groups excluding carboxylic acids is 2. The zero-order valence-electron chi connectivity index (χ0n) is 17.4. The molecule has 0 spiro atoms. The molecule has 0 aliphatic carbocycles. The number of morpholine rings is 1. The van der Waals surface area contributed by atoms with E-state index in [0.29, 0.717) is 6.61 Å². The van der Waals surface area contributed by atoms with Crippen molar-refractivity contribution in [2.24, 2.45) is 0 Å². The Bertz CT molecular complexity index is 868. The molecular weight excluding hydrogens is 436 g/mol. The number of hydrogen-bond donors (Lipinski definition) is 1. The monoisotopic (exact) mass is 462 g/mol. The molecule has 9 nitrogen and oxygen atoms in total. The van der Waals surface area contributed by atoms with Gasteiger partial charge in [-0.1, -0.05) is 11.6 Å². The maximum absolute atomic E-state index is 13.1. The summed E-state index contributed by atoms with van der Waals surface area (Å²) in [5, 5.41) is 2.60. The Hall–Kier alpha value is -1.72. The first-order valence-corrected chi connectivity index (χ1v) is 11.3. The SMILES string of the molecule is COCC(C)NC(=O)COC(=O)c1ccc(Cl)c(S(=O)(=O)N2CC(C)OC(C)C2)c1. The number of methoxy groups -OCH3 is 1. The van der Waals surface area contributed by atoms with E-state index in [0.717, 1.165) is 6.07 Å². The number of benzene rings is 1. The van der Waals surface area contributed by atoms with Crippen molar-refractivity contribution in [2.45, 2.75) is 43.9 Å². The van der Waals surface area contributed by atoms with E-state index in [1.54, 1.807) is 20.8 Å². The average Bonchev–Trinajstić information content (AvgIpc) is 2.65. The molecule has 1 heterocycles. The van der Waals surface area contributed by atoms with Gasteiger partial charge in [0.05, 0.1) is 29.4 Å². The van der Waals surface area contributed by atoms with Crippen LogP contribution in [0.3, 0.4) is 0 Å². The number of amides is 1. The molecule has 30 heavy (non-hydrogen) atoms. The molecule has 11 heteroatoms. The van der Waals surface area contributed by atoms with Crippen molar-refractivity contribution in [2.75, 3.05) is 33.4 Å². The average molecular weight is 463 g/mol. The van der Waals surface area contributed by atoms with E-state index in [2.05, 4.69) is 5.32 Å². The normalized spacial score (nSPS) is 21.1. The van der Waals surface area contributed by atoms with Gasteiger partial charge in [0.15, 0.2) is 6.61 Å². The highest BCUT2D eigenvalue weighted by Gasteiger charge is 2.34. The lowest BCUT2D eigenvalue weighted by molar-refractivity contribution is -0.125. The third-order valence-electron chi connectivity index (χ3n) is 4.33. The lowest BCUT2D eigenvalue weighted by atomic mass is 10.2. The minimum atomic E-state index is -3.95. The zero-order valence-corrected chi connectivity index (χ0v) is 19.0. The Kier molecular flexibility index (Phi) is 8.62. The van der Waals surface area contributed by atoms with Crippen molar-refractivity contribution in [1.82, 2.24) is 9.62 Å². The molecular formula is C19H27ClN2O7S. The van der Waals surface area contributed by atoms with Crippen molar-refractivity contribution < 1.29 is 32.2 Å². The fourth-order valence-corrected chi connectivity index (χ4v) is 5.21. The standard InChI is InChI=1S/C19H27ClN2O7S/c1-12(10-27-4)21-18(23)11-28-19(24)15-5-6-16(20)17(7-15)30(25,26)22-8-13(2)29-14(3)9-22/h5-7,12-14H,8-11H2,1-4H3,(H,21,23). The van der Waals surface area contributed by atoms with Crippen LogP contribution in [0, 0.1) is 0 Å². The molecule has 0 aromatic heterocycles. The van der Waals surface area contributed by atoms with Crippen LogP contribution in [0.4, 0.5) is 0 Å². The van der Waals surface area contributed by atoms with Crippen molar-refractivity contribution >= 4 is 33.5 Å². The predicted octanol–water partition coefficient (Wildman–Crippen LogP) is 1.45. The number of carbonyl (C=O) groups is 2. The molecule has 1 aliphatic heterocycles. The topological polar surface area (TPSA) is 111 Å². The summed E-state index contributed by atoms with van der Waals surface area (Å²) in [6.45, 7) is 5.48. The van der Waals surface area contributed by atoms with Crippen molar-refractivity contribution in [3.63, 3.8) is 0 Å². The Morgan fingerprint density at radius 2 is 1.93 bits per heavy atom. The van der Waals surface area contributed by atoms with Gasteiger partial charge < -0.3 is 19.5 Å². The molecule has 168 valence electrons. The molecule has 1 aromatic carbocycles. The van der Waals surface area contributed by atoms with Crippen LogP contribution >= 0.6 is 11.6 Å². The molecule has 3 unspecified atom stereocenters. The Balaban J connectivity index is 2.12. The minimum Gasteiger partial charge on any atom is -0.452 e. The lowest BCUT2D eigenvalue weighted by Crippen LogP contribution is -2.48. The van der Waals surface area contributed by atoms with Crippen molar-refractivity contribution in [3.8, 4) is 0 Å². The molecule has 1 N–H and O–H groups in total. The maximum atomic E-state index is 13.1. The highest BCUT2D eigenvalue weighted by atomic mass is 35.5. The van der Waals surface area contributed by atoms with Gasteiger partial charge in [-0.2, -0.15) is 4.31 Å². The minimum absolute atomic E-state index is 0.00974. The van der Waals surface area contributed by atoms with E-state index in [1.165, 1.54) is 23.5 Å². The smallest absolute Gasteiger partial charge is 0.338 e. The summed E-state index contributed by atoms with van der Waals surface area (Å²) in [6.07, 6.45) is -0.538. The third-order valence-corrected chi connectivity index (χ3v) is 6.64. The lowest BCUT2D eigenvalue weighted by Gasteiger charge is -2.34. The van der Waals surface area contributed by atoms with Gasteiger partial charge in [-0.25, -0.2) is 13.2 Å². The van der Waals surface area contributed by atoms with Gasteiger partial charge in [0.2, 0.25) is 10.0 Å². The van der Waals surface area contributed by atoms with Crippen LogP contribution in [0.15, 0.2) is 23.1 Å². The van der Waals surface area contributed by atoms with Crippen molar-refractivity contribution in [1.29, 1.82) is 0 Å². The van der Waals surface area contributed by atoms with Crippen LogP contribution in [0.5, 0.6) is 0 Å². The summed E-state index contributed by atoms with van der Waals surface area (Å²) in [7, 11) is -2.44. The second-order valence-electron chi connectivity index (χ2n) is 7.22. The van der Waals surface area contributed by atoms with Crippen LogP contribution in [0.2, 0.25) is 5.02 Å². The third kappa shape index (κ3) is 6.39. The molecule has 0 saturated carbocycles. The van der Waals surface area contributed by atoms with Crippen LogP contribution in [0.1, 0.15) is 31.1 Å². The summed E-state index contributed by atoms with van der Waals surface area (Å²) in [5.74, 6) is -1.33. The molecule has 0 radical (unpaired) electrons. The molecule has 3 atom stereocenters. The summed E-state index contributed by atoms with van der Waals surface area (Å²) in [4.78, 5) is 24.0. The molecule has 2 rings (SSSR count). The molecule has 0 bridgehead atoms. The van der Waals surface area contributed by atoms with Crippen LogP contribution in [-0.4, -0.2) is 76.3 Å². The number of esters is 1. The van der Waals surface area contributed by atoms with Gasteiger partial charge in [0, 0.05) is 26.2 Å². The second kappa shape index (κ2) is 10.5. The van der Waals surface area contributed by atoms with Crippen LogP contribution in [-0.2, 0) is 29.0 Å².